The van der Waals surface area contributed by atoms with Crippen molar-refractivity contribution in [3.05, 3.63) is 71.0 Å². The summed E-state index contributed by atoms with van der Waals surface area (Å²) in [6.07, 6.45) is 0.415. The van der Waals surface area contributed by atoms with Crippen LogP contribution in [0.3, 0.4) is 0 Å². The fraction of sp³-hybridized carbons (Fsp3) is 0.250. The zero-order valence-corrected chi connectivity index (χ0v) is 14.9. The molecule has 2 amide bonds. The molecule has 0 saturated carbocycles. The monoisotopic (exact) mass is 372 g/mol. The Morgan fingerprint density at radius 2 is 1.81 bits per heavy atom. The van der Waals surface area contributed by atoms with Gasteiger partial charge in [-0.15, -0.1) is 0 Å². The molecule has 6 nitrogen and oxygen atoms in total. The maximum absolute atomic E-state index is 13.3. The number of aliphatic carboxylic acids is 1. The van der Waals surface area contributed by atoms with Crippen LogP contribution in [-0.4, -0.2) is 29.4 Å². The van der Waals surface area contributed by atoms with Gasteiger partial charge >= 0.3 is 5.97 Å². The minimum absolute atomic E-state index is 0.0546. The van der Waals surface area contributed by atoms with Gasteiger partial charge in [-0.25, -0.2) is 9.18 Å². The Morgan fingerprint density at radius 1 is 1.11 bits per heavy atom. The fourth-order valence-corrected chi connectivity index (χ4v) is 2.51. The standard InChI is InChI=1S/C20H21FN2O4/c1-13-12-15(9-10-16(13)21)18(20(26)27)23-17(24)8-5-11-22-19(25)14-6-3-2-4-7-14/h2-4,6-7,9-10,12,18H,5,8,11H2,1H3,(H,22,25)(H,23,24)(H,26,27). The molecule has 2 aromatic rings. The molecule has 1 atom stereocenters. The first-order chi connectivity index (χ1) is 12.9. The van der Waals surface area contributed by atoms with Gasteiger partial charge in [-0.1, -0.05) is 30.3 Å². The van der Waals surface area contributed by atoms with E-state index in [9.17, 15) is 23.9 Å². The summed E-state index contributed by atoms with van der Waals surface area (Å²) >= 11 is 0. The Hall–Kier alpha value is -3.22. The highest BCUT2D eigenvalue weighted by Crippen LogP contribution is 2.17. The van der Waals surface area contributed by atoms with Crippen LogP contribution in [0.4, 0.5) is 4.39 Å². The molecule has 0 aromatic heterocycles. The maximum atomic E-state index is 13.3. The number of aryl methyl sites for hydroxylation is 1. The van der Waals surface area contributed by atoms with Crippen LogP contribution in [-0.2, 0) is 9.59 Å². The second kappa shape index (κ2) is 9.47. The Bertz CT molecular complexity index is 824. The van der Waals surface area contributed by atoms with Gasteiger partial charge in [0.1, 0.15) is 5.82 Å². The van der Waals surface area contributed by atoms with E-state index in [1.165, 1.54) is 25.1 Å². The summed E-state index contributed by atoms with van der Waals surface area (Å²) in [7, 11) is 0. The zero-order chi connectivity index (χ0) is 19.8. The van der Waals surface area contributed by atoms with Crippen molar-refractivity contribution in [2.45, 2.75) is 25.8 Å². The first-order valence-electron chi connectivity index (χ1n) is 8.50. The van der Waals surface area contributed by atoms with Gasteiger partial charge in [-0.05, 0) is 42.7 Å². The van der Waals surface area contributed by atoms with Gasteiger partial charge in [0.15, 0.2) is 6.04 Å². The molecular formula is C20H21FN2O4. The number of carbonyl (C=O) groups is 3. The minimum Gasteiger partial charge on any atom is -0.479 e. The third-order valence-corrected chi connectivity index (χ3v) is 3.97. The van der Waals surface area contributed by atoms with Gasteiger partial charge in [0.2, 0.25) is 5.91 Å². The van der Waals surface area contributed by atoms with Crippen LogP contribution in [0.15, 0.2) is 48.5 Å². The molecule has 0 radical (unpaired) electrons. The van der Waals surface area contributed by atoms with E-state index >= 15 is 0 Å². The summed E-state index contributed by atoms with van der Waals surface area (Å²) in [5.41, 5.74) is 1.13. The number of amides is 2. The number of carboxylic acid groups (broad SMARTS) is 1. The zero-order valence-electron chi connectivity index (χ0n) is 14.9. The number of nitrogens with one attached hydrogen (secondary N) is 2. The van der Waals surface area contributed by atoms with Gasteiger partial charge in [0, 0.05) is 18.5 Å². The maximum Gasteiger partial charge on any atom is 0.330 e. The summed E-state index contributed by atoms with van der Waals surface area (Å²) < 4.78 is 13.3. The first kappa shape index (κ1) is 20.1. The van der Waals surface area contributed by atoms with Crippen LogP contribution < -0.4 is 10.6 Å². The van der Waals surface area contributed by atoms with Gasteiger partial charge in [0.25, 0.3) is 5.91 Å². The van der Waals surface area contributed by atoms with E-state index < -0.39 is 23.7 Å². The molecule has 0 fully saturated rings. The van der Waals surface area contributed by atoms with E-state index in [4.69, 9.17) is 0 Å². The molecule has 0 aliphatic heterocycles. The van der Waals surface area contributed by atoms with Crippen LogP contribution in [0, 0.1) is 12.7 Å². The molecule has 142 valence electrons. The van der Waals surface area contributed by atoms with Gasteiger partial charge in [-0.3, -0.25) is 9.59 Å². The first-order valence-corrected chi connectivity index (χ1v) is 8.50. The highest BCUT2D eigenvalue weighted by atomic mass is 19.1. The SMILES string of the molecule is Cc1cc(C(NC(=O)CCCNC(=O)c2ccccc2)C(=O)O)ccc1F. The molecule has 1 unspecified atom stereocenters. The van der Waals surface area contributed by atoms with Crippen LogP contribution in [0.2, 0.25) is 0 Å². The summed E-state index contributed by atoms with van der Waals surface area (Å²) in [5, 5.41) is 14.5. The summed E-state index contributed by atoms with van der Waals surface area (Å²) in [6.45, 7) is 1.81. The van der Waals surface area contributed by atoms with E-state index in [0.717, 1.165) is 0 Å². The number of halogens is 1. The molecule has 27 heavy (non-hydrogen) atoms. The molecule has 0 heterocycles. The Kier molecular flexibility index (Phi) is 7.05. The third-order valence-electron chi connectivity index (χ3n) is 3.97. The lowest BCUT2D eigenvalue weighted by Crippen LogP contribution is -2.34. The lowest BCUT2D eigenvalue weighted by atomic mass is 10.0. The van der Waals surface area contributed by atoms with Gasteiger partial charge < -0.3 is 15.7 Å². The molecule has 0 bridgehead atoms. The van der Waals surface area contributed by atoms with Crippen LogP contribution in [0.1, 0.15) is 40.4 Å². The van der Waals surface area contributed by atoms with E-state index in [1.54, 1.807) is 24.3 Å². The molecule has 0 saturated heterocycles. The second-order valence-corrected chi connectivity index (χ2v) is 6.07. The Balaban J connectivity index is 1.83. The predicted molar refractivity (Wildman–Crippen MR) is 97.7 cm³/mol. The molecule has 2 aromatic carbocycles. The summed E-state index contributed by atoms with van der Waals surface area (Å²) in [6, 6.07) is 11.3. The molecule has 0 aliphatic carbocycles. The largest absolute Gasteiger partial charge is 0.479 e. The van der Waals surface area contributed by atoms with Crippen molar-refractivity contribution in [3.8, 4) is 0 Å². The molecular weight excluding hydrogens is 351 g/mol. The lowest BCUT2D eigenvalue weighted by Gasteiger charge is -2.16. The Labute approximate surface area is 156 Å². The van der Waals surface area contributed by atoms with E-state index in [1.807, 2.05) is 6.07 Å². The normalized spacial score (nSPS) is 11.5. The number of benzene rings is 2. The van der Waals surface area contributed by atoms with E-state index in [2.05, 4.69) is 10.6 Å². The minimum atomic E-state index is -1.25. The Morgan fingerprint density at radius 3 is 2.44 bits per heavy atom. The van der Waals surface area contributed by atoms with Crippen molar-refractivity contribution in [3.63, 3.8) is 0 Å². The highest BCUT2D eigenvalue weighted by molar-refractivity contribution is 5.94. The van der Waals surface area contributed by atoms with Gasteiger partial charge in [0.05, 0.1) is 0 Å². The topological polar surface area (TPSA) is 95.5 Å². The highest BCUT2D eigenvalue weighted by Gasteiger charge is 2.22. The second-order valence-electron chi connectivity index (χ2n) is 6.07. The number of rotatable bonds is 8. The van der Waals surface area contributed by atoms with Crippen molar-refractivity contribution in [1.29, 1.82) is 0 Å². The van der Waals surface area contributed by atoms with Crippen molar-refractivity contribution in [1.82, 2.24) is 10.6 Å². The smallest absolute Gasteiger partial charge is 0.330 e. The van der Waals surface area contributed by atoms with Gasteiger partial charge in [-0.2, -0.15) is 0 Å². The number of hydrogen-bond acceptors (Lipinski definition) is 3. The van der Waals surface area contributed by atoms with Crippen LogP contribution in [0.25, 0.3) is 0 Å². The van der Waals surface area contributed by atoms with Crippen molar-refractivity contribution < 1.29 is 23.9 Å². The average Bonchev–Trinajstić information content (AvgIpc) is 2.66. The molecule has 7 heteroatoms. The molecule has 2 rings (SSSR count). The van der Waals surface area contributed by atoms with Crippen molar-refractivity contribution >= 4 is 17.8 Å². The molecule has 0 aliphatic rings. The molecule has 0 spiro atoms. The van der Waals surface area contributed by atoms with Crippen LogP contribution >= 0.6 is 0 Å². The quantitative estimate of drug-likeness (QED) is 0.621. The molecule has 3 N–H and O–H groups in total. The van der Waals surface area contributed by atoms with Crippen LogP contribution in [0.5, 0.6) is 0 Å². The van der Waals surface area contributed by atoms with Crippen molar-refractivity contribution in [2.24, 2.45) is 0 Å². The van der Waals surface area contributed by atoms with E-state index in [-0.39, 0.29) is 18.9 Å². The summed E-state index contributed by atoms with van der Waals surface area (Å²) in [4.78, 5) is 35.4. The predicted octanol–water partition coefficient (Wildman–Crippen LogP) is 2.59. The number of carbonyl (C=O) groups excluding carboxylic acids is 2. The fourth-order valence-electron chi connectivity index (χ4n) is 2.51. The third kappa shape index (κ3) is 5.91. The lowest BCUT2D eigenvalue weighted by molar-refractivity contribution is -0.142. The van der Waals surface area contributed by atoms with E-state index in [0.29, 0.717) is 23.1 Å². The number of carboxylic acids is 1. The number of hydrogen-bond donors (Lipinski definition) is 3. The van der Waals surface area contributed by atoms with Crippen molar-refractivity contribution in [2.75, 3.05) is 6.54 Å². The average molecular weight is 372 g/mol. The summed E-state index contributed by atoms with van der Waals surface area (Å²) in [5.74, 6) is -2.37.